The maximum atomic E-state index is 13.5. The molecule has 2 fully saturated rings. The van der Waals surface area contributed by atoms with Gasteiger partial charge in [-0.15, -0.1) is 0 Å². The lowest BCUT2D eigenvalue weighted by atomic mass is 9.89. The largest absolute Gasteiger partial charge is 0.497 e. The third-order valence-corrected chi connectivity index (χ3v) is 9.72. The van der Waals surface area contributed by atoms with Crippen LogP contribution in [0, 0.1) is 5.92 Å². The van der Waals surface area contributed by atoms with Crippen LogP contribution in [0.15, 0.2) is 47.4 Å². The van der Waals surface area contributed by atoms with Crippen molar-refractivity contribution in [2.75, 3.05) is 32.0 Å². The fraction of sp³-hybridized carbons (Fsp3) is 0.533. The van der Waals surface area contributed by atoms with Crippen molar-refractivity contribution in [3.63, 3.8) is 0 Å². The van der Waals surface area contributed by atoms with Gasteiger partial charge in [-0.25, -0.2) is 8.42 Å². The smallest absolute Gasteiger partial charge is 0.262 e. The Balaban J connectivity index is 1.23. The van der Waals surface area contributed by atoms with Gasteiger partial charge < -0.3 is 24.4 Å². The normalized spacial score (nSPS) is 23.3. The Kier molecular flexibility index (Phi) is 9.03. The van der Waals surface area contributed by atoms with Gasteiger partial charge in [0.25, 0.3) is 15.9 Å². The molecule has 2 aromatic carbocycles. The monoisotopic (exact) mass is 585 g/mol. The zero-order valence-corrected chi connectivity index (χ0v) is 24.5. The van der Waals surface area contributed by atoms with Crippen molar-refractivity contribution in [3.05, 3.63) is 48.0 Å². The predicted octanol–water partition coefficient (Wildman–Crippen LogP) is 3.96. The fourth-order valence-corrected chi connectivity index (χ4v) is 7.09. The van der Waals surface area contributed by atoms with Crippen LogP contribution in [0.2, 0.25) is 0 Å². The fourth-order valence-electron chi connectivity index (χ4n) is 6.00. The third-order valence-electron chi connectivity index (χ3n) is 8.34. The van der Waals surface area contributed by atoms with Gasteiger partial charge in [0, 0.05) is 25.3 Å². The first-order valence-corrected chi connectivity index (χ1v) is 15.8. The highest BCUT2D eigenvalue weighted by Gasteiger charge is 2.39. The summed E-state index contributed by atoms with van der Waals surface area (Å²) in [5, 5.41) is 3.09. The van der Waals surface area contributed by atoms with E-state index in [1.54, 1.807) is 36.2 Å². The van der Waals surface area contributed by atoms with Crippen molar-refractivity contribution in [2.45, 2.75) is 74.5 Å². The van der Waals surface area contributed by atoms with E-state index in [9.17, 15) is 18.0 Å². The van der Waals surface area contributed by atoms with Crippen molar-refractivity contribution in [1.82, 2.24) is 10.2 Å². The Morgan fingerprint density at radius 2 is 1.88 bits per heavy atom. The number of benzene rings is 2. The molecule has 0 spiro atoms. The highest BCUT2D eigenvalue weighted by Crippen LogP contribution is 2.33. The maximum absolute atomic E-state index is 13.5. The Hall–Kier alpha value is -3.31. The second kappa shape index (κ2) is 12.7. The molecule has 10 nitrogen and oxygen atoms in total. The molecule has 0 unspecified atom stereocenters. The molecule has 0 radical (unpaired) electrons. The minimum Gasteiger partial charge on any atom is -0.497 e. The topological polar surface area (TPSA) is 123 Å². The zero-order chi connectivity index (χ0) is 29.0. The van der Waals surface area contributed by atoms with Crippen LogP contribution in [-0.2, 0) is 19.6 Å². The minimum absolute atomic E-state index is 0.00416. The Morgan fingerprint density at radius 1 is 1.07 bits per heavy atom. The summed E-state index contributed by atoms with van der Waals surface area (Å²) in [5.41, 5.74) is 0.509. The molecular formula is C30H39N3O7S. The molecule has 41 heavy (non-hydrogen) atoms. The number of carbonyl (C=O) groups excluding carboxylic acids is 2. The number of hydrogen-bond acceptors (Lipinski definition) is 7. The molecule has 2 heterocycles. The van der Waals surface area contributed by atoms with Crippen molar-refractivity contribution < 1.29 is 32.2 Å². The number of nitrogens with one attached hydrogen (secondary N) is 2. The standard InChI is InChI=1S/C30H39N3O7S/c1-33-26-13-12-23(17-29(34)31-18-20-7-4-3-5-8-20)40-28(26)19-39-27-14-11-21(15-25(27)30(33)35)32-41(36,37)24-10-6-9-22(16-24)38-2/h6,9-11,14-16,20,23,26,28,32H,3-5,7-8,12-13,17-19H2,1-2H3,(H,31,34)/t23-,26+,28+/m0/s1. The maximum Gasteiger partial charge on any atom is 0.262 e. The summed E-state index contributed by atoms with van der Waals surface area (Å²) in [7, 11) is -0.723. The van der Waals surface area contributed by atoms with Gasteiger partial charge in [-0.2, -0.15) is 0 Å². The molecule has 1 saturated carbocycles. The van der Waals surface area contributed by atoms with Crippen LogP contribution in [0.1, 0.15) is 61.7 Å². The molecular weight excluding hydrogens is 546 g/mol. The second-order valence-corrected chi connectivity index (χ2v) is 12.9. The number of fused-ring (bicyclic) bond motifs is 2. The number of likely N-dealkylation sites (N-methyl/N-ethyl adjacent to an activating group) is 1. The summed E-state index contributed by atoms with van der Waals surface area (Å²) in [6.07, 6.45) is 7.14. The molecule has 1 saturated heterocycles. The van der Waals surface area contributed by atoms with Crippen LogP contribution in [-0.4, -0.2) is 70.7 Å². The molecule has 222 valence electrons. The Bertz CT molecular complexity index is 1360. The van der Waals surface area contributed by atoms with E-state index in [1.807, 2.05) is 0 Å². The average molecular weight is 586 g/mol. The molecule has 5 rings (SSSR count). The van der Waals surface area contributed by atoms with Gasteiger partial charge in [-0.05, 0) is 61.9 Å². The molecule has 3 atom stereocenters. The third kappa shape index (κ3) is 6.95. The molecule has 3 aliphatic rings. The van der Waals surface area contributed by atoms with Crippen molar-refractivity contribution >= 4 is 27.5 Å². The predicted molar refractivity (Wildman–Crippen MR) is 154 cm³/mol. The summed E-state index contributed by atoms with van der Waals surface area (Å²) in [6.45, 7) is 0.941. The quantitative estimate of drug-likeness (QED) is 0.481. The van der Waals surface area contributed by atoms with Crippen molar-refractivity contribution in [1.29, 1.82) is 0 Å². The number of amides is 2. The van der Waals surface area contributed by atoms with Crippen LogP contribution >= 0.6 is 0 Å². The van der Waals surface area contributed by atoms with E-state index >= 15 is 0 Å². The lowest BCUT2D eigenvalue weighted by Gasteiger charge is -2.42. The first-order chi connectivity index (χ1) is 19.7. The highest BCUT2D eigenvalue weighted by atomic mass is 32.2. The number of methoxy groups -OCH3 is 1. The first kappa shape index (κ1) is 29.2. The zero-order valence-electron chi connectivity index (χ0n) is 23.6. The second-order valence-electron chi connectivity index (χ2n) is 11.2. The van der Waals surface area contributed by atoms with Crippen molar-refractivity contribution in [2.24, 2.45) is 5.92 Å². The Labute approximate surface area is 241 Å². The number of sulfonamides is 1. The molecule has 11 heteroatoms. The summed E-state index contributed by atoms with van der Waals surface area (Å²) in [5.74, 6) is 1.05. The SMILES string of the molecule is COc1cccc(S(=O)(=O)Nc2ccc3c(c2)C(=O)N(C)[C@@H]2CC[C@@H](CC(=O)NCC4CCCCC4)O[C@@H]2CO3)c1. The minimum atomic E-state index is -3.91. The van der Waals surface area contributed by atoms with E-state index in [1.165, 1.54) is 57.4 Å². The van der Waals surface area contributed by atoms with Crippen molar-refractivity contribution in [3.8, 4) is 11.5 Å². The van der Waals surface area contributed by atoms with E-state index < -0.39 is 10.0 Å². The van der Waals surface area contributed by atoms with E-state index in [-0.39, 0.29) is 52.8 Å². The number of anilines is 1. The number of rotatable bonds is 8. The van der Waals surface area contributed by atoms with Gasteiger partial charge in [-0.3, -0.25) is 14.3 Å². The Morgan fingerprint density at radius 3 is 2.66 bits per heavy atom. The molecule has 0 aromatic heterocycles. The molecule has 1 aliphatic carbocycles. The number of ether oxygens (including phenoxy) is 3. The van der Waals surface area contributed by atoms with Crippen LogP contribution in [0.4, 0.5) is 5.69 Å². The van der Waals surface area contributed by atoms with Crippen LogP contribution in [0.25, 0.3) is 0 Å². The summed E-state index contributed by atoms with van der Waals surface area (Å²) in [6, 6.07) is 10.6. The van der Waals surface area contributed by atoms with Gasteiger partial charge in [0.15, 0.2) is 0 Å². The molecule has 2 aliphatic heterocycles. The van der Waals surface area contributed by atoms with Crippen LogP contribution in [0.3, 0.4) is 0 Å². The summed E-state index contributed by atoms with van der Waals surface area (Å²) in [4.78, 5) is 27.9. The molecule has 0 bridgehead atoms. The summed E-state index contributed by atoms with van der Waals surface area (Å²) < 4.78 is 46.0. The lowest BCUT2D eigenvalue weighted by molar-refractivity contribution is -0.134. The summed E-state index contributed by atoms with van der Waals surface area (Å²) >= 11 is 0. The number of nitrogens with zero attached hydrogens (tertiary/aromatic N) is 1. The van der Waals surface area contributed by atoms with E-state index in [2.05, 4.69) is 10.0 Å². The van der Waals surface area contributed by atoms with E-state index in [4.69, 9.17) is 14.2 Å². The molecule has 2 N–H and O–H groups in total. The average Bonchev–Trinajstić information content (AvgIpc) is 2.98. The number of carbonyl (C=O) groups is 2. The van der Waals surface area contributed by atoms with Crippen LogP contribution < -0.4 is 19.5 Å². The van der Waals surface area contributed by atoms with Gasteiger partial charge in [-0.1, -0.05) is 25.3 Å². The molecule has 2 amide bonds. The van der Waals surface area contributed by atoms with Crippen LogP contribution in [0.5, 0.6) is 11.5 Å². The van der Waals surface area contributed by atoms with Gasteiger partial charge >= 0.3 is 0 Å². The molecule has 2 aromatic rings. The van der Waals surface area contributed by atoms with E-state index in [0.29, 0.717) is 36.7 Å². The lowest BCUT2D eigenvalue weighted by Crippen LogP contribution is -2.54. The highest BCUT2D eigenvalue weighted by molar-refractivity contribution is 7.92. The van der Waals surface area contributed by atoms with Gasteiger partial charge in [0.2, 0.25) is 5.91 Å². The number of hydrogen-bond donors (Lipinski definition) is 2. The first-order valence-electron chi connectivity index (χ1n) is 14.4. The van der Waals surface area contributed by atoms with Gasteiger partial charge in [0.1, 0.15) is 24.2 Å². The van der Waals surface area contributed by atoms with Gasteiger partial charge in [0.05, 0.1) is 36.1 Å². The van der Waals surface area contributed by atoms with E-state index in [0.717, 1.165) is 6.54 Å².